The Morgan fingerprint density at radius 2 is 1.76 bits per heavy atom. The van der Waals surface area contributed by atoms with Gasteiger partial charge in [-0.1, -0.05) is 30.3 Å². The lowest BCUT2D eigenvalue weighted by Gasteiger charge is -2.36. The molecule has 3 aromatic rings. The first kappa shape index (κ1) is 26.2. The van der Waals surface area contributed by atoms with Gasteiger partial charge in [0.1, 0.15) is 11.4 Å². The number of urea groups is 1. The van der Waals surface area contributed by atoms with E-state index in [0.29, 0.717) is 12.4 Å². The largest absolute Gasteiger partial charge is 0.444 e. The standard InChI is InChI=1S/C28H36N6O3/c1-28(2,3)37-27(36)32-23-11-13-24(14-12-23)34(26(35)30-16-20-8-6-5-7-9-20)25-15-10-21(17-29-25)22-18-31-33(4)19-22/h5-10,15,17-19,23-24H,11-14,16H2,1-4H3,(H,30,35)(H,32,36)/t23-,24-. The van der Waals surface area contributed by atoms with E-state index < -0.39 is 11.7 Å². The first-order valence-electron chi connectivity index (χ1n) is 12.7. The van der Waals surface area contributed by atoms with Crippen LogP contribution in [0.2, 0.25) is 0 Å². The minimum atomic E-state index is -0.539. The Hall–Kier alpha value is -3.88. The normalized spacial score (nSPS) is 17.6. The molecular weight excluding hydrogens is 468 g/mol. The molecule has 1 aliphatic carbocycles. The second kappa shape index (κ2) is 11.5. The summed E-state index contributed by atoms with van der Waals surface area (Å²) >= 11 is 0. The Morgan fingerprint density at radius 3 is 2.35 bits per heavy atom. The second-order valence-corrected chi connectivity index (χ2v) is 10.5. The first-order valence-corrected chi connectivity index (χ1v) is 12.7. The highest BCUT2D eigenvalue weighted by Crippen LogP contribution is 2.28. The molecule has 1 aromatic carbocycles. The summed E-state index contributed by atoms with van der Waals surface area (Å²) in [4.78, 5) is 32.1. The van der Waals surface area contributed by atoms with Gasteiger partial charge in [0, 0.05) is 49.2 Å². The van der Waals surface area contributed by atoms with E-state index in [1.165, 1.54) is 0 Å². The van der Waals surface area contributed by atoms with E-state index in [0.717, 1.165) is 42.4 Å². The number of carbonyl (C=O) groups excluding carboxylic acids is 2. The fourth-order valence-electron chi connectivity index (χ4n) is 4.54. The number of hydrogen-bond acceptors (Lipinski definition) is 5. The molecular formula is C28H36N6O3. The lowest BCUT2D eigenvalue weighted by Crippen LogP contribution is -2.50. The molecule has 1 fully saturated rings. The Balaban J connectivity index is 1.46. The van der Waals surface area contributed by atoms with Crippen LogP contribution < -0.4 is 15.5 Å². The minimum Gasteiger partial charge on any atom is -0.444 e. The lowest BCUT2D eigenvalue weighted by atomic mass is 9.90. The average Bonchev–Trinajstić information content (AvgIpc) is 3.30. The van der Waals surface area contributed by atoms with Crippen LogP contribution in [0.4, 0.5) is 15.4 Å². The fourth-order valence-corrected chi connectivity index (χ4v) is 4.54. The molecule has 0 bridgehead atoms. The molecule has 0 saturated heterocycles. The molecule has 2 N–H and O–H groups in total. The van der Waals surface area contributed by atoms with Crippen molar-refractivity contribution in [3.05, 3.63) is 66.6 Å². The molecule has 4 rings (SSSR count). The topological polar surface area (TPSA) is 101 Å². The third-order valence-corrected chi connectivity index (χ3v) is 6.32. The highest BCUT2D eigenvalue weighted by molar-refractivity contribution is 5.91. The number of amides is 3. The van der Waals surface area contributed by atoms with Crippen molar-refractivity contribution >= 4 is 17.9 Å². The zero-order valence-corrected chi connectivity index (χ0v) is 22.0. The molecule has 9 nitrogen and oxygen atoms in total. The number of rotatable bonds is 6. The monoisotopic (exact) mass is 504 g/mol. The van der Waals surface area contributed by atoms with E-state index in [1.807, 2.05) is 76.5 Å². The molecule has 2 heterocycles. The first-order chi connectivity index (χ1) is 17.7. The molecule has 2 aromatic heterocycles. The number of nitrogens with zero attached hydrogens (tertiary/aromatic N) is 4. The Morgan fingerprint density at radius 1 is 1.03 bits per heavy atom. The van der Waals surface area contributed by atoms with Crippen molar-refractivity contribution in [3.8, 4) is 11.1 Å². The van der Waals surface area contributed by atoms with Gasteiger partial charge in [-0.3, -0.25) is 9.58 Å². The van der Waals surface area contributed by atoms with Gasteiger partial charge in [-0.25, -0.2) is 14.6 Å². The summed E-state index contributed by atoms with van der Waals surface area (Å²) in [6.07, 6.45) is 8.08. The zero-order valence-electron chi connectivity index (χ0n) is 22.0. The van der Waals surface area contributed by atoms with Crippen LogP contribution in [0.25, 0.3) is 11.1 Å². The number of nitrogens with one attached hydrogen (secondary N) is 2. The van der Waals surface area contributed by atoms with Crippen molar-refractivity contribution in [2.75, 3.05) is 4.90 Å². The van der Waals surface area contributed by atoms with Gasteiger partial charge in [0.2, 0.25) is 0 Å². The quantitative estimate of drug-likeness (QED) is 0.490. The molecule has 0 spiro atoms. The van der Waals surface area contributed by atoms with Crippen LogP contribution in [0.5, 0.6) is 0 Å². The van der Waals surface area contributed by atoms with Crippen molar-refractivity contribution in [1.29, 1.82) is 0 Å². The van der Waals surface area contributed by atoms with Crippen LogP contribution in [0.15, 0.2) is 61.1 Å². The third-order valence-electron chi connectivity index (χ3n) is 6.32. The molecule has 1 aliphatic rings. The maximum Gasteiger partial charge on any atom is 0.407 e. The summed E-state index contributed by atoms with van der Waals surface area (Å²) in [5.41, 5.74) is 2.39. The molecule has 37 heavy (non-hydrogen) atoms. The third kappa shape index (κ3) is 7.31. The highest BCUT2D eigenvalue weighted by atomic mass is 16.6. The average molecular weight is 505 g/mol. The Kier molecular flexibility index (Phi) is 8.11. The number of alkyl carbamates (subject to hydrolysis) is 1. The van der Waals surface area contributed by atoms with Gasteiger partial charge in [-0.2, -0.15) is 5.10 Å². The van der Waals surface area contributed by atoms with Crippen LogP contribution in [0.3, 0.4) is 0 Å². The van der Waals surface area contributed by atoms with Crippen LogP contribution in [0, 0.1) is 0 Å². The lowest BCUT2D eigenvalue weighted by molar-refractivity contribution is 0.0491. The van der Waals surface area contributed by atoms with Crippen LogP contribution in [-0.4, -0.2) is 44.6 Å². The zero-order chi connectivity index (χ0) is 26.4. The smallest absolute Gasteiger partial charge is 0.407 e. The van der Waals surface area contributed by atoms with E-state index in [1.54, 1.807) is 22.0 Å². The number of hydrogen-bond donors (Lipinski definition) is 2. The minimum absolute atomic E-state index is 0.0150. The number of aryl methyl sites for hydroxylation is 1. The summed E-state index contributed by atoms with van der Waals surface area (Å²) in [7, 11) is 1.87. The molecule has 196 valence electrons. The van der Waals surface area contributed by atoms with E-state index >= 15 is 0 Å². The molecule has 0 unspecified atom stereocenters. The molecule has 9 heteroatoms. The predicted octanol–water partition coefficient (Wildman–Crippen LogP) is 5.03. The number of ether oxygens (including phenoxy) is 1. The van der Waals surface area contributed by atoms with Gasteiger partial charge in [-0.15, -0.1) is 0 Å². The number of anilines is 1. The van der Waals surface area contributed by atoms with Crippen molar-refractivity contribution in [3.63, 3.8) is 0 Å². The number of benzene rings is 1. The second-order valence-electron chi connectivity index (χ2n) is 10.5. The van der Waals surface area contributed by atoms with E-state index in [4.69, 9.17) is 4.74 Å². The van der Waals surface area contributed by atoms with Gasteiger partial charge >= 0.3 is 12.1 Å². The SMILES string of the molecule is Cn1cc(-c2ccc(N(C(=O)NCc3ccccc3)[C@H]3CC[C@H](NC(=O)OC(C)(C)C)CC3)nc2)cn1. The van der Waals surface area contributed by atoms with Crippen LogP contribution in [-0.2, 0) is 18.3 Å². The van der Waals surface area contributed by atoms with Gasteiger partial charge in [0.15, 0.2) is 0 Å². The van der Waals surface area contributed by atoms with Crippen LogP contribution >= 0.6 is 0 Å². The van der Waals surface area contributed by atoms with E-state index in [2.05, 4.69) is 20.7 Å². The Labute approximate surface area is 218 Å². The molecule has 0 atom stereocenters. The van der Waals surface area contributed by atoms with Crippen molar-refractivity contribution in [1.82, 2.24) is 25.4 Å². The summed E-state index contributed by atoms with van der Waals surface area (Å²) in [6, 6.07) is 13.5. The predicted molar refractivity (Wildman–Crippen MR) is 143 cm³/mol. The van der Waals surface area contributed by atoms with Gasteiger partial charge in [-0.05, 0) is 64.2 Å². The van der Waals surface area contributed by atoms with Crippen molar-refractivity contribution in [2.45, 2.75) is 70.7 Å². The molecule has 3 amide bonds. The van der Waals surface area contributed by atoms with Crippen LogP contribution in [0.1, 0.15) is 52.0 Å². The molecule has 0 radical (unpaired) electrons. The molecule has 0 aliphatic heterocycles. The van der Waals surface area contributed by atoms with Gasteiger partial charge < -0.3 is 15.4 Å². The Bertz CT molecular complexity index is 1180. The highest BCUT2D eigenvalue weighted by Gasteiger charge is 2.32. The summed E-state index contributed by atoms with van der Waals surface area (Å²) in [5, 5.41) is 10.3. The van der Waals surface area contributed by atoms with Crippen molar-refractivity contribution < 1.29 is 14.3 Å². The summed E-state index contributed by atoms with van der Waals surface area (Å²) in [5.74, 6) is 0.599. The molecule has 1 saturated carbocycles. The van der Waals surface area contributed by atoms with Crippen molar-refractivity contribution in [2.24, 2.45) is 7.05 Å². The number of carbonyl (C=O) groups is 2. The fraction of sp³-hybridized carbons (Fsp3) is 0.429. The maximum absolute atomic E-state index is 13.5. The van der Waals surface area contributed by atoms with Gasteiger partial charge in [0.25, 0.3) is 0 Å². The summed E-state index contributed by atoms with van der Waals surface area (Å²) < 4.78 is 7.15. The number of aromatic nitrogens is 3. The number of pyridine rings is 1. The van der Waals surface area contributed by atoms with E-state index in [9.17, 15) is 9.59 Å². The maximum atomic E-state index is 13.5. The summed E-state index contributed by atoms with van der Waals surface area (Å²) in [6.45, 7) is 5.98. The van der Waals surface area contributed by atoms with E-state index in [-0.39, 0.29) is 18.1 Å². The van der Waals surface area contributed by atoms with Gasteiger partial charge in [0.05, 0.1) is 6.20 Å².